The van der Waals surface area contributed by atoms with Gasteiger partial charge in [0.1, 0.15) is 5.70 Å². The number of nitrogens with zero attached hydrogens (tertiary/aromatic N) is 1. The lowest BCUT2D eigenvalue weighted by molar-refractivity contribution is 0.137. The summed E-state index contributed by atoms with van der Waals surface area (Å²) in [5.41, 5.74) is 0.446. The summed E-state index contributed by atoms with van der Waals surface area (Å²) < 4.78 is 25.3. The third-order valence-corrected chi connectivity index (χ3v) is 3.23. The first kappa shape index (κ1) is 14.6. The number of hydrogen-bond acceptors (Lipinski definition) is 2. The van der Waals surface area contributed by atoms with Crippen molar-refractivity contribution in [1.29, 1.82) is 0 Å². The molecule has 0 radical (unpaired) electrons. The fourth-order valence-corrected chi connectivity index (χ4v) is 1.34. The molecule has 0 aliphatic rings. The van der Waals surface area contributed by atoms with E-state index in [-0.39, 0.29) is 5.25 Å². The molecule has 0 fully saturated rings. The summed E-state index contributed by atoms with van der Waals surface area (Å²) in [5.74, 6) is 0. The van der Waals surface area contributed by atoms with Crippen LogP contribution in [0.5, 0.6) is 0 Å². The van der Waals surface area contributed by atoms with Crippen molar-refractivity contribution in [2.75, 3.05) is 6.26 Å². The maximum absolute atomic E-state index is 12.6. The Morgan fingerprint density at radius 2 is 2.07 bits per heavy atom. The molecule has 0 spiro atoms. The second-order valence-electron chi connectivity index (χ2n) is 3.00. The zero-order valence-electron chi connectivity index (χ0n) is 8.93. The molecule has 0 aliphatic heterocycles. The van der Waals surface area contributed by atoms with Gasteiger partial charge in [0.05, 0.1) is 0 Å². The van der Waals surface area contributed by atoms with Gasteiger partial charge in [-0.15, -0.1) is 0 Å². The molecule has 1 nitrogen and oxygen atoms in total. The average Bonchev–Trinajstić information content (AvgIpc) is 2.15. The largest absolute Gasteiger partial charge is 0.364 e. The molecule has 0 saturated heterocycles. The zero-order chi connectivity index (χ0) is 12.1. The van der Waals surface area contributed by atoms with E-state index in [1.807, 2.05) is 20.1 Å². The smallest absolute Gasteiger partial charge is 0.261 e. The number of alkyl halides is 3. The van der Waals surface area contributed by atoms with Gasteiger partial charge >= 0.3 is 5.38 Å². The van der Waals surface area contributed by atoms with Gasteiger partial charge in [-0.25, -0.2) is 0 Å². The quantitative estimate of drug-likeness (QED) is 0.408. The van der Waals surface area contributed by atoms with Crippen molar-refractivity contribution in [2.24, 2.45) is 4.99 Å². The summed E-state index contributed by atoms with van der Waals surface area (Å²) in [6.07, 6.45) is 4.73. The summed E-state index contributed by atoms with van der Waals surface area (Å²) in [5, 5.41) is -3.18. The SMILES string of the molecule is C=N/C(=C\C=C(/C)C(C)SC)C(F)(F)Cl. The van der Waals surface area contributed by atoms with Crippen molar-refractivity contribution in [1.82, 2.24) is 0 Å². The highest BCUT2D eigenvalue weighted by molar-refractivity contribution is 7.99. The maximum atomic E-state index is 12.6. The molecule has 0 aromatic carbocycles. The summed E-state index contributed by atoms with van der Waals surface area (Å²) >= 11 is 6.46. The highest BCUT2D eigenvalue weighted by Crippen LogP contribution is 2.29. The summed E-state index contributed by atoms with van der Waals surface area (Å²) in [7, 11) is 0. The minimum absolute atomic E-state index is 0.274. The van der Waals surface area contributed by atoms with Crippen LogP contribution in [0.1, 0.15) is 13.8 Å². The van der Waals surface area contributed by atoms with E-state index in [2.05, 4.69) is 11.7 Å². The molecule has 86 valence electrons. The van der Waals surface area contributed by atoms with Crippen LogP contribution in [0.2, 0.25) is 0 Å². The molecule has 0 amide bonds. The van der Waals surface area contributed by atoms with Crippen molar-refractivity contribution in [3.63, 3.8) is 0 Å². The molecule has 0 aromatic heterocycles. The van der Waals surface area contributed by atoms with Gasteiger partial charge in [-0.2, -0.15) is 20.5 Å². The van der Waals surface area contributed by atoms with Crippen LogP contribution < -0.4 is 0 Å². The van der Waals surface area contributed by atoms with Gasteiger partial charge in [0.15, 0.2) is 0 Å². The number of hydrogen-bond donors (Lipinski definition) is 0. The first-order valence-corrected chi connectivity index (χ1v) is 5.94. The third kappa shape index (κ3) is 5.33. The van der Waals surface area contributed by atoms with Gasteiger partial charge in [-0.1, -0.05) is 11.6 Å². The lowest BCUT2D eigenvalue weighted by Gasteiger charge is -2.09. The molecule has 0 heterocycles. The minimum Gasteiger partial charge on any atom is -0.261 e. The highest BCUT2D eigenvalue weighted by atomic mass is 35.5. The first-order chi connectivity index (χ1) is 6.82. The Bertz CT molecular complexity index is 282. The van der Waals surface area contributed by atoms with E-state index in [1.165, 1.54) is 6.08 Å². The molecule has 0 bridgehead atoms. The summed E-state index contributed by atoms with van der Waals surface area (Å²) in [6.45, 7) is 6.91. The molecule has 0 aliphatic carbocycles. The lowest BCUT2D eigenvalue weighted by Crippen LogP contribution is -2.07. The molecule has 0 N–H and O–H groups in total. The van der Waals surface area contributed by atoms with Gasteiger partial charge in [-0.3, -0.25) is 4.99 Å². The van der Waals surface area contributed by atoms with E-state index in [0.717, 1.165) is 5.57 Å². The standard InChI is InChI=1S/C10H14ClF2NS/c1-7(8(2)15-4)5-6-9(14-3)10(11,12)13/h5-6,8H,3H2,1-2,4H3/b7-5+,9-6-. The van der Waals surface area contributed by atoms with Crippen LogP contribution in [-0.4, -0.2) is 23.6 Å². The zero-order valence-corrected chi connectivity index (χ0v) is 10.5. The predicted octanol–water partition coefficient (Wildman–Crippen LogP) is 4.10. The predicted molar refractivity (Wildman–Crippen MR) is 65.2 cm³/mol. The van der Waals surface area contributed by atoms with Crippen molar-refractivity contribution >= 4 is 30.1 Å². The molecule has 0 aromatic rings. The molecule has 15 heavy (non-hydrogen) atoms. The van der Waals surface area contributed by atoms with Crippen molar-refractivity contribution in [3.8, 4) is 0 Å². The number of rotatable bonds is 5. The molecular weight excluding hydrogens is 240 g/mol. The van der Waals surface area contributed by atoms with Gasteiger partial charge in [0.25, 0.3) is 0 Å². The topological polar surface area (TPSA) is 12.4 Å². The number of thioether (sulfide) groups is 1. The van der Waals surface area contributed by atoms with Gasteiger partial charge < -0.3 is 0 Å². The van der Waals surface area contributed by atoms with Crippen LogP contribution >= 0.6 is 23.4 Å². The van der Waals surface area contributed by atoms with Crippen LogP contribution in [0.3, 0.4) is 0 Å². The van der Waals surface area contributed by atoms with E-state index < -0.39 is 11.1 Å². The molecule has 1 atom stereocenters. The minimum atomic E-state index is -3.46. The van der Waals surface area contributed by atoms with Crippen molar-refractivity contribution in [3.05, 3.63) is 23.4 Å². The van der Waals surface area contributed by atoms with E-state index >= 15 is 0 Å². The molecule has 0 saturated carbocycles. The van der Waals surface area contributed by atoms with Gasteiger partial charge in [-0.05, 0) is 44.5 Å². The van der Waals surface area contributed by atoms with E-state index in [0.29, 0.717) is 0 Å². The summed E-state index contributed by atoms with van der Waals surface area (Å²) in [4.78, 5) is 3.19. The molecular formula is C10H14ClF2NS. The monoisotopic (exact) mass is 253 g/mol. The Hall–Kier alpha value is -0.350. The number of aliphatic imine (C=N–C) groups is 1. The second-order valence-corrected chi connectivity index (χ2v) is 4.65. The second kappa shape index (κ2) is 6.28. The fourth-order valence-electron chi connectivity index (χ4n) is 0.769. The number of halogens is 3. The Labute approximate surface area is 98.3 Å². The molecule has 5 heteroatoms. The first-order valence-electron chi connectivity index (χ1n) is 4.28. The average molecular weight is 254 g/mol. The van der Waals surface area contributed by atoms with E-state index in [9.17, 15) is 8.78 Å². The van der Waals surface area contributed by atoms with Crippen LogP contribution in [0.15, 0.2) is 28.4 Å². The van der Waals surface area contributed by atoms with Crippen LogP contribution in [0, 0.1) is 0 Å². The third-order valence-electron chi connectivity index (χ3n) is 1.96. The van der Waals surface area contributed by atoms with E-state index in [1.54, 1.807) is 17.8 Å². The van der Waals surface area contributed by atoms with Crippen LogP contribution in [0.4, 0.5) is 8.78 Å². The summed E-state index contributed by atoms with van der Waals surface area (Å²) in [6, 6.07) is 0. The maximum Gasteiger partial charge on any atom is 0.364 e. The lowest BCUT2D eigenvalue weighted by atomic mass is 10.2. The Kier molecular flexibility index (Phi) is 6.13. The van der Waals surface area contributed by atoms with E-state index in [4.69, 9.17) is 11.6 Å². The Morgan fingerprint density at radius 1 is 1.53 bits per heavy atom. The van der Waals surface area contributed by atoms with Crippen molar-refractivity contribution in [2.45, 2.75) is 24.5 Å². The van der Waals surface area contributed by atoms with Gasteiger partial charge in [0, 0.05) is 5.25 Å². The Morgan fingerprint density at radius 3 is 2.40 bits per heavy atom. The van der Waals surface area contributed by atoms with Gasteiger partial charge in [0.2, 0.25) is 0 Å². The highest BCUT2D eigenvalue weighted by Gasteiger charge is 2.29. The van der Waals surface area contributed by atoms with Crippen molar-refractivity contribution < 1.29 is 8.78 Å². The Balaban J connectivity index is 4.81. The molecule has 0 rings (SSSR count). The fraction of sp³-hybridized carbons (Fsp3) is 0.500. The molecule has 1 unspecified atom stereocenters. The van der Waals surface area contributed by atoms with Crippen LogP contribution in [0.25, 0.3) is 0 Å². The van der Waals surface area contributed by atoms with Crippen LogP contribution in [-0.2, 0) is 0 Å². The normalized spacial score (nSPS) is 16.4. The number of allylic oxidation sites excluding steroid dienone is 3.